The zero-order chi connectivity index (χ0) is 27.6. The fourth-order valence-corrected chi connectivity index (χ4v) is 6.08. The van der Waals surface area contributed by atoms with Crippen molar-refractivity contribution in [2.24, 2.45) is 0 Å². The molecule has 0 spiro atoms. The SMILES string of the molecule is N#Cc1cc(CN2CCCCC2)ccc1Oc1ccc(F)c2c1CCC2Oc1ccc2c(c1)OCC2CC(=O)O. The Kier molecular flexibility index (Phi) is 7.31. The van der Waals surface area contributed by atoms with E-state index >= 15 is 4.39 Å². The summed E-state index contributed by atoms with van der Waals surface area (Å²) in [6.07, 6.45) is 4.34. The summed E-state index contributed by atoms with van der Waals surface area (Å²) in [6.45, 7) is 3.29. The molecule has 1 aliphatic carbocycles. The Hall–Kier alpha value is -4.09. The van der Waals surface area contributed by atoms with E-state index in [0.29, 0.717) is 53.6 Å². The van der Waals surface area contributed by atoms with Gasteiger partial charge in [0.25, 0.3) is 0 Å². The molecule has 2 heterocycles. The smallest absolute Gasteiger partial charge is 0.304 e. The molecule has 2 atom stereocenters. The first-order valence-corrected chi connectivity index (χ1v) is 13.9. The van der Waals surface area contributed by atoms with E-state index in [4.69, 9.17) is 19.3 Å². The number of hydrogen-bond donors (Lipinski definition) is 1. The molecule has 3 aromatic rings. The molecule has 0 radical (unpaired) electrons. The van der Waals surface area contributed by atoms with Crippen LogP contribution in [0.25, 0.3) is 0 Å². The van der Waals surface area contributed by atoms with Crippen LogP contribution in [-0.4, -0.2) is 35.7 Å². The fraction of sp³-hybridized carbons (Fsp3) is 0.375. The van der Waals surface area contributed by atoms with Gasteiger partial charge in [0.1, 0.15) is 41.0 Å². The van der Waals surface area contributed by atoms with Crippen molar-refractivity contribution in [3.8, 4) is 29.1 Å². The number of piperidine rings is 1. The molecular weight excluding hydrogens is 511 g/mol. The van der Waals surface area contributed by atoms with Gasteiger partial charge < -0.3 is 19.3 Å². The highest BCUT2D eigenvalue weighted by atomic mass is 19.1. The first-order chi connectivity index (χ1) is 19.5. The lowest BCUT2D eigenvalue weighted by molar-refractivity contribution is -0.137. The van der Waals surface area contributed by atoms with Crippen LogP contribution >= 0.6 is 0 Å². The van der Waals surface area contributed by atoms with Crippen molar-refractivity contribution in [3.63, 3.8) is 0 Å². The van der Waals surface area contributed by atoms with E-state index in [0.717, 1.165) is 36.3 Å². The van der Waals surface area contributed by atoms with Gasteiger partial charge in [0.05, 0.1) is 18.6 Å². The van der Waals surface area contributed by atoms with E-state index in [9.17, 15) is 10.1 Å². The van der Waals surface area contributed by atoms with E-state index in [1.165, 1.54) is 25.3 Å². The predicted octanol–water partition coefficient (Wildman–Crippen LogP) is 6.49. The number of ether oxygens (including phenoxy) is 3. The minimum atomic E-state index is -0.867. The van der Waals surface area contributed by atoms with Crippen LogP contribution in [0.4, 0.5) is 4.39 Å². The van der Waals surface area contributed by atoms with Crippen molar-refractivity contribution in [2.45, 2.75) is 57.1 Å². The monoisotopic (exact) mass is 542 g/mol. The summed E-state index contributed by atoms with van der Waals surface area (Å²) < 4.78 is 33.2. The van der Waals surface area contributed by atoms with E-state index in [2.05, 4.69) is 11.0 Å². The number of aliphatic carboxylic acids is 1. The molecule has 1 fully saturated rings. The summed E-state index contributed by atoms with van der Waals surface area (Å²) in [5.74, 6) is 0.699. The highest BCUT2D eigenvalue weighted by Gasteiger charge is 2.32. The first kappa shape index (κ1) is 26.1. The summed E-state index contributed by atoms with van der Waals surface area (Å²) in [5, 5.41) is 19.0. The minimum absolute atomic E-state index is 0.00583. The Labute approximate surface area is 232 Å². The summed E-state index contributed by atoms with van der Waals surface area (Å²) in [4.78, 5) is 13.5. The molecule has 7 nitrogen and oxygen atoms in total. The Bertz CT molecular complexity index is 1480. The number of nitrogens with zero attached hydrogens (tertiary/aromatic N) is 2. The third-order valence-electron chi connectivity index (χ3n) is 8.04. The second-order valence-electron chi connectivity index (χ2n) is 10.8. The third kappa shape index (κ3) is 5.34. The number of halogens is 1. The second-order valence-corrected chi connectivity index (χ2v) is 10.8. The van der Waals surface area contributed by atoms with Gasteiger partial charge in [-0.1, -0.05) is 18.6 Å². The molecule has 8 heteroatoms. The standard InChI is InChI=1S/C32H31FN2O5/c33-26-8-11-28(40-27-9-4-20(14-21(27)17-34)18-35-12-2-1-3-13-35)25-7-10-29(32(25)26)39-23-5-6-24-22(15-31(36)37)19-38-30(24)16-23/h4-6,8-9,11,14,16,22,29H,1-3,7,10,12-13,15,18-19H2,(H,36,37). The number of nitriles is 1. The van der Waals surface area contributed by atoms with Gasteiger partial charge in [0.15, 0.2) is 0 Å². The quantitative estimate of drug-likeness (QED) is 0.348. The van der Waals surface area contributed by atoms with E-state index in [1.807, 2.05) is 24.3 Å². The Morgan fingerprint density at radius 3 is 2.73 bits per heavy atom. The average molecular weight is 543 g/mol. The van der Waals surface area contributed by atoms with Gasteiger partial charge in [-0.2, -0.15) is 5.26 Å². The number of hydrogen-bond acceptors (Lipinski definition) is 6. The van der Waals surface area contributed by atoms with E-state index in [1.54, 1.807) is 18.2 Å². The molecule has 0 amide bonds. The maximum Gasteiger partial charge on any atom is 0.304 e. The normalized spacial score (nSPS) is 19.8. The number of likely N-dealkylation sites (tertiary alicyclic amines) is 1. The van der Waals surface area contributed by atoms with Gasteiger partial charge >= 0.3 is 5.97 Å². The molecule has 6 rings (SSSR count). The zero-order valence-corrected chi connectivity index (χ0v) is 22.2. The molecular formula is C32H31FN2O5. The van der Waals surface area contributed by atoms with Gasteiger partial charge in [-0.05, 0) is 74.7 Å². The highest BCUT2D eigenvalue weighted by molar-refractivity contribution is 5.69. The van der Waals surface area contributed by atoms with Crippen molar-refractivity contribution in [3.05, 3.63) is 82.2 Å². The van der Waals surface area contributed by atoms with Gasteiger partial charge in [0.2, 0.25) is 0 Å². The number of carboxylic acids is 1. The predicted molar refractivity (Wildman–Crippen MR) is 145 cm³/mol. The van der Waals surface area contributed by atoms with Crippen LogP contribution < -0.4 is 14.2 Å². The molecule has 0 saturated carbocycles. The highest BCUT2D eigenvalue weighted by Crippen LogP contribution is 2.44. The second kappa shape index (κ2) is 11.2. The van der Waals surface area contributed by atoms with Crippen LogP contribution in [0.15, 0.2) is 48.5 Å². The van der Waals surface area contributed by atoms with Crippen molar-refractivity contribution >= 4 is 5.97 Å². The van der Waals surface area contributed by atoms with Gasteiger partial charge in [-0.25, -0.2) is 4.39 Å². The molecule has 206 valence electrons. The van der Waals surface area contributed by atoms with Crippen LogP contribution in [0.5, 0.6) is 23.0 Å². The number of fused-ring (bicyclic) bond motifs is 2. The van der Waals surface area contributed by atoms with Crippen LogP contribution in [0.2, 0.25) is 0 Å². The lowest BCUT2D eigenvalue weighted by Crippen LogP contribution is -2.29. The largest absolute Gasteiger partial charge is 0.492 e. The van der Waals surface area contributed by atoms with Gasteiger partial charge in [0, 0.05) is 35.2 Å². The fourth-order valence-electron chi connectivity index (χ4n) is 6.08. The molecule has 1 saturated heterocycles. The molecule has 3 aromatic carbocycles. The van der Waals surface area contributed by atoms with E-state index in [-0.39, 0.29) is 18.2 Å². The molecule has 2 unspecified atom stereocenters. The lowest BCUT2D eigenvalue weighted by Gasteiger charge is -2.26. The summed E-state index contributed by atoms with van der Waals surface area (Å²) in [6, 6.07) is 16.3. The van der Waals surface area contributed by atoms with Gasteiger partial charge in [-0.15, -0.1) is 0 Å². The lowest BCUT2D eigenvalue weighted by atomic mass is 9.98. The van der Waals surface area contributed by atoms with Crippen LogP contribution in [-0.2, 0) is 17.8 Å². The maximum absolute atomic E-state index is 15.1. The van der Waals surface area contributed by atoms with Crippen LogP contribution in [0.1, 0.15) is 71.9 Å². The molecule has 2 aliphatic heterocycles. The van der Waals surface area contributed by atoms with Crippen LogP contribution in [0, 0.1) is 17.1 Å². The first-order valence-electron chi connectivity index (χ1n) is 13.9. The number of carbonyl (C=O) groups is 1. The summed E-state index contributed by atoms with van der Waals surface area (Å²) >= 11 is 0. The van der Waals surface area contributed by atoms with Crippen LogP contribution in [0.3, 0.4) is 0 Å². The molecule has 0 bridgehead atoms. The summed E-state index contributed by atoms with van der Waals surface area (Å²) in [7, 11) is 0. The Morgan fingerprint density at radius 1 is 1.10 bits per heavy atom. The third-order valence-corrected chi connectivity index (χ3v) is 8.04. The Balaban J connectivity index is 1.19. The van der Waals surface area contributed by atoms with Crippen molar-refractivity contribution < 1.29 is 28.5 Å². The molecule has 3 aliphatic rings. The maximum atomic E-state index is 15.1. The Morgan fingerprint density at radius 2 is 1.93 bits per heavy atom. The van der Waals surface area contributed by atoms with Crippen molar-refractivity contribution in [1.82, 2.24) is 4.90 Å². The number of rotatable bonds is 8. The summed E-state index contributed by atoms with van der Waals surface area (Å²) in [5.41, 5.74) is 3.58. The number of benzene rings is 3. The van der Waals surface area contributed by atoms with Gasteiger partial charge in [-0.3, -0.25) is 9.69 Å². The minimum Gasteiger partial charge on any atom is -0.492 e. The topological polar surface area (TPSA) is 92.0 Å². The average Bonchev–Trinajstić information content (AvgIpc) is 3.56. The molecule has 1 N–H and O–H groups in total. The zero-order valence-electron chi connectivity index (χ0n) is 22.2. The number of carboxylic acid groups (broad SMARTS) is 1. The molecule has 0 aromatic heterocycles. The van der Waals surface area contributed by atoms with E-state index < -0.39 is 12.1 Å². The van der Waals surface area contributed by atoms with Crippen molar-refractivity contribution in [1.29, 1.82) is 5.26 Å². The molecule has 40 heavy (non-hydrogen) atoms. The van der Waals surface area contributed by atoms with Crippen molar-refractivity contribution in [2.75, 3.05) is 19.7 Å².